The maximum atomic E-state index is 11.8. The highest BCUT2D eigenvalue weighted by Gasteiger charge is 2.17. The SMILES string of the molecule is CCNC(=NCCOC)NCCNC(=O)CC1CCCC1.I. The van der Waals surface area contributed by atoms with E-state index in [1.807, 2.05) is 6.92 Å². The molecule has 0 saturated heterocycles. The van der Waals surface area contributed by atoms with Crippen LogP contribution in [-0.4, -0.2) is 51.8 Å². The van der Waals surface area contributed by atoms with E-state index in [1.165, 1.54) is 25.7 Å². The van der Waals surface area contributed by atoms with E-state index in [0.29, 0.717) is 38.6 Å². The van der Waals surface area contributed by atoms with Gasteiger partial charge >= 0.3 is 0 Å². The summed E-state index contributed by atoms with van der Waals surface area (Å²) in [6.45, 7) is 5.37. The summed E-state index contributed by atoms with van der Waals surface area (Å²) in [6, 6.07) is 0. The van der Waals surface area contributed by atoms with Crippen LogP contribution in [0.25, 0.3) is 0 Å². The first-order chi connectivity index (χ1) is 10.3. The van der Waals surface area contributed by atoms with Gasteiger partial charge in [0.15, 0.2) is 5.96 Å². The molecular weight excluding hydrogens is 395 g/mol. The molecule has 0 aliphatic heterocycles. The second-order valence-electron chi connectivity index (χ2n) is 5.38. The summed E-state index contributed by atoms with van der Waals surface area (Å²) in [7, 11) is 1.66. The zero-order chi connectivity index (χ0) is 15.3. The highest BCUT2D eigenvalue weighted by molar-refractivity contribution is 14.0. The Labute approximate surface area is 151 Å². The molecule has 1 amide bonds. The predicted molar refractivity (Wildman–Crippen MR) is 101 cm³/mol. The summed E-state index contributed by atoms with van der Waals surface area (Å²) >= 11 is 0. The molecule has 1 aliphatic rings. The largest absolute Gasteiger partial charge is 0.383 e. The molecule has 1 aliphatic carbocycles. The van der Waals surface area contributed by atoms with Crippen molar-refractivity contribution >= 4 is 35.8 Å². The third-order valence-electron chi connectivity index (χ3n) is 3.60. The van der Waals surface area contributed by atoms with Crippen LogP contribution in [-0.2, 0) is 9.53 Å². The van der Waals surface area contributed by atoms with Gasteiger partial charge in [-0.2, -0.15) is 0 Å². The molecule has 0 spiro atoms. The van der Waals surface area contributed by atoms with E-state index in [0.717, 1.165) is 12.5 Å². The van der Waals surface area contributed by atoms with Crippen molar-refractivity contribution < 1.29 is 9.53 Å². The summed E-state index contributed by atoms with van der Waals surface area (Å²) in [5.74, 6) is 1.54. The second kappa shape index (κ2) is 14.0. The fourth-order valence-electron chi connectivity index (χ4n) is 2.52. The number of nitrogens with one attached hydrogen (secondary N) is 3. The second-order valence-corrected chi connectivity index (χ2v) is 5.38. The molecule has 0 heterocycles. The number of halogens is 1. The maximum Gasteiger partial charge on any atom is 0.220 e. The van der Waals surface area contributed by atoms with Crippen LogP contribution in [0.15, 0.2) is 4.99 Å². The van der Waals surface area contributed by atoms with Crippen LogP contribution in [0.2, 0.25) is 0 Å². The number of amides is 1. The van der Waals surface area contributed by atoms with Crippen LogP contribution in [0.1, 0.15) is 39.0 Å². The van der Waals surface area contributed by atoms with Crippen molar-refractivity contribution in [3.63, 3.8) is 0 Å². The minimum Gasteiger partial charge on any atom is -0.383 e. The maximum absolute atomic E-state index is 11.8. The lowest BCUT2D eigenvalue weighted by Crippen LogP contribution is -2.41. The molecule has 0 radical (unpaired) electrons. The fourth-order valence-corrected chi connectivity index (χ4v) is 2.52. The Balaban J connectivity index is 0.00000441. The average molecular weight is 426 g/mol. The van der Waals surface area contributed by atoms with Gasteiger partial charge < -0.3 is 20.7 Å². The van der Waals surface area contributed by atoms with Gasteiger partial charge in [-0.05, 0) is 25.7 Å². The number of nitrogens with zero attached hydrogens (tertiary/aromatic N) is 1. The van der Waals surface area contributed by atoms with Crippen LogP contribution in [0.4, 0.5) is 0 Å². The zero-order valence-electron chi connectivity index (χ0n) is 13.8. The monoisotopic (exact) mass is 426 g/mol. The molecule has 0 bridgehead atoms. The molecule has 130 valence electrons. The Morgan fingerprint density at radius 3 is 2.50 bits per heavy atom. The summed E-state index contributed by atoms with van der Waals surface area (Å²) in [4.78, 5) is 16.1. The Bertz CT molecular complexity index is 321. The van der Waals surface area contributed by atoms with Gasteiger partial charge in [-0.3, -0.25) is 9.79 Å². The number of rotatable bonds is 9. The molecule has 0 aromatic carbocycles. The Morgan fingerprint density at radius 2 is 1.86 bits per heavy atom. The molecule has 6 nitrogen and oxygen atoms in total. The molecule has 3 N–H and O–H groups in total. The first-order valence-electron chi connectivity index (χ1n) is 8.04. The van der Waals surface area contributed by atoms with E-state index in [1.54, 1.807) is 7.11 Å². The van der Waals surface area contributed by atoms with E-state index >= 15 is 0 Å². The number of ether oxygens (including phenoxy) is 1. The molecular formula is C15H31IN4O2. The van der Waals surface area contributed by atoms with E-state index in [-0.39, 0.29) is 29.9 Å². The minimum atomic E-state index is 0. The molecule has 1 rings (SSSR count). The van der Waals surface area contributed by atoms with E-state index in [2.05, 4.69) is 20.9 Å². The number of hydrogen-bond donors (Lipinski definition) is 3. The summed E-state index contributed by atoms with van der Waals surface area (Å²) in [6.07, 6.45) is 5.67. The molecule has 7 heteroatoms. The first-order valence-corrected chi connectivity index (χ1v) is 8.04. The van der Waals surface area contributed by atoms with Crippen molar-refractivity contribution in [1.29, 1.82) is 0 Å². The summed E-state index contributed by atoms with van der Waals surface area (Å²) in [5, 5.41) is 9.32. The third-order valence-corrected chi connectivity index (χ3v) is 3.60. The molecule has 22 heavy (non-hydrogen) atoms. The van der Waals surface area contributed by atoms with Gasteiger partial charge in [-0.25, -0.2) is 0 Å². The standard InChI is InChI=1S/C15H30N4O2.HI/c1-3-16-15(19-10-11-21-2)18-9-8-17-14(20)12-13-6-4-5-7-13;/h13H,3-12H2,1-2H3,(H,17,20)(H2,16,18,19);1H. The molecule has 0 aromatic rings. The number of methoxy groups -OCH3 is 1. The lowest BCUT2D eigenvalue weighted by Gasteiger charge is -2.13. The zero-order valence-corrected chi connectivity index (χ0v) is 16.2. The Kier molecular flexibility index (Phi) is 13.7. The van der Waals surface area contributed by atoms with Crippen molar-refractivity contribution in [2.45, 2.75) is 39.0 Å². The normalized spacial score (nSPS) is 15.3. The van der Waals surface area contributed by atoms with Gasteiger partial charge in [0.1, 0.15) is 0 Å². The van der Waals surface area contributed by atoms with E-state index in [9.17, 15) is 4.79 Å². The van der Waals surface area contributed by atoms with Crippen molar-refractivity contribution in [3.05, 3.63) is 0 Å². The van der Waals surface area contributed by atoms with Crippen LogP contribution in [0.3, 0.4) is 0 Å². The average Bonchev–Trinajstić information content (AvgIpc) is 2.96. The topological polar surface area (TPSA) is 74.8 Å². The molecule has 1 fully saturated rings. The quantitative estimate of drug-likeness (QED) is 0.226. The Morgan fingerprint density at radius 1 is 1.18 bits per heavy atom. The number of carbonyl (C=O) groups excluding carboxylic acids is 1. The van der Waals surface area contributed by atoms with Gasteiger partial charge in [-0.15, -0.1) is 24.0 Å². The number of aliphatic imine (C=N–C) groups is 1. The van der Waals surface area contributed by atoms with Gasteiger partial charge in [0.25, 0.3) is 0 Å². The number of hydrogen-bond acceptors (Lipinski definition) is 3. The lowest BCUT2D eigenvalue weighted by molar-refractivity contribution is -0.121. The molecule has 0 unspecified atom stereocenters. The van der Waals surface area contributed by atoms with Gasteiger partial charge in [0.2, 0.25) is 5.91 Å². The van der Waals surface area contributed by atoms with E-state index < -0.39 is 0 Å². The molecule has 0 atom stereocenters. The predicted octanol–water partition coefficient (Wildman–Crippen LogP) is 1.50. The van der Waals surface area contributed by atoms with Crippen LogP contribution in [0.5, 0.6) is 0 Å². The Hall–Kier alpha value is -0.570. The van der Waals surface area contributed by atoms with Crippen molar-refractivity contribution in [2.75, 3.05) is 39.9 Å². The first kappa shape index (κ1) is 21.4. The van der Waals surface area contributed by atoms with Crippen LogP contribution >= 0.6 is 24.0 Å². The van der Waals surface area contributed by atoms with Gasteiger partial charge in [0, 0.05) is 33.2 Å². The molecule has 1 saturated carbocycles. The van der Waals surface area contributed by atoms with Crippen molar-refractivity contribution in [2.24, 2.45) is 10.9 Å². The highest BCUT2D eigenvalue weighted by atomic mass is 127. The van der Waals surface area contributed by atoms with E-state index in [4.69, 9.17) is 4.74 Å². The third kappa shape index (κ3) is 10.2. The highest BCUT2D eigenvalue weighted by Crippen LogP contribution is 2.27. The number of guanidine groups is 1. The molecule has 0 aromatic heterocycles. The van der Waals surface area contributed by atoms with Crippen molar-refractivity contribution in [3.8, 4) is 0 Å². The fraction of sp³-hybridized carbons (Fsp3) is 0.867. The smallest absolute Gasteiger partial charge is 0.220 e. The van der Waals surface area contributed by atoms with Crippen LogP contribution in [0, 0.1) is 5.92 Å². The van der Waals surface area contributed by atoms with Gasteiger partial charge in [0.05, 0.1) is 13.2 Å². The summed E-state index contributed by atoms with van der Waals surface area (Å²) < 4.78 is 4.97. The lowest BCUT2D eigenvalue weighted by atomic mass is 10.0. The number of carbonyl (C=O) groups is 1. The van der Waals surface area contributed by atoms with Crippen LogP contribution < -0.4 is 16.0 Å². The van der Waals surface area contributed by atoms with Crippen molar-refractivity contribution in [1.82, 2.24) is 16.0 Å². The summed E-state index contributed by atoms with van der Waals surface area (Å²) in [5.41, 5.74) is 0. The minimum absolute atomic E-state index is 0. The van der Waals surface area contributed by atoms with Gasteiger partial charge in [-0.1, -0.05) is 12.8 Å².